The van der Waals surface area contributed by atoms with Gasteiger partial charge in [-0.15, -0.1) is 13.2 Å². The molecule has 4 atom stereocenters. The van der Waals surface area contributed by atoms with E-state index >= 15 is 0 Å². The lowest BCUT2D eigenvalue weighted by Gasteiger charge is -2.50. The fourth-order valence-corrected chi connectivity index (χ4v) is 5.54. The van der Waals surface area contributed by atoms with E-state index < -0.39 is 86.9 Å². The van der Waals surface area contributed by atoms with E-state index in [2.05, 4.69) is 4.74 Å². The normalized spacial score (nSPS) is 28.6. The number of carbonyl (C=O) groups excluding carboxylic acids is 3. The Morgan fingerprint density at radius 3 is 2.34 bits per heavy atom. The van der Waals surface area contributed by atoms with Crippen LogP contribution in [0.1, 0.15) is 24.5 Å². The van der Waals surface area contributed by atoms with Gasteiger partial charge in [-0.25, -0.2) is 0 Å². The highest BCUT2D eigenvalue weighted by molar-refractivity contribution is 6.25. The molecule has 1 saturated carbocycles. The van der Waals surface area contributed by atoms with Crippen molar-refractivity contribution in [1.29, 1.82) is 0 Å². The highest BCUT2D eigenvalue weighted by Crippen LogP contribution is 2.53. The second-order valence-corrected chi connectivity index (χ2v) is 9.14. The van der Waals surface area contributed by atoms with Crippen LogP contribution in [0.5, 0.6) is 11.5 Å². The van der Waals surface area contributed by atoms with Crippen LogP contribution in [0.25, 0.3) is 5.76 Å². The number of aliphatic hydroxyl groups excluding tert-OH is 2. The van der Waals surface area contributed by atoms with Crippen LogP contribution in [0, 0.1) is 11.8 Å². The number of halogens is 3. The number of hydrogen-bond acceptors (Lipinski definition) is 9. The molecule has 35 heavy (non-hydrogen) atoms. The third kappa shape index (κ3) is 3.50. The minimum absolute atomic E-state index is 0.209. The molecule has 1 fully saturated rings. The first-order valence-corrected chi connectivity index (χ1v) is 10.6. The van der Waals surface area contributed by atoms with E-state index in [0.717, 1.165) is 19.1 Å². The first-order chi connectivity index (χ1) is 16.1. The summed E-state index contributed by atoms with van der Waals surface area (Å²) < 4.78 is 42.9. The second-order valence-electron chi connectivity index (χ2n) is 9.14. The number of likely N-dealkylation sites (N-methyl/N-ethyl adjacent to an activating group) is 1. The summed E-state index contributed by atoms with van der Waals surface area (Å²) in [4.78, 5) is 40.2. The van der Waals surface area contributed by atoms with Crippen molar-refractivity contribution in [3.8, 4) is 11.5 Å². The van der Waals surface area contributed by atoms with E-state index in [-0.39, 0.29) is 18.4 Å². The van der Waals surface area contributed by atoms with Crippen molar-refractivity contribution in [2.24, 2.45) is 11.8 Å². The maximum Gasteiger partial charge on any atom is 0.573 e. The third-order valence-corrected chi connectivity index (χ3v) is 6.89. The Balaban J connectivity index is 1.96. The number of alkyl halides is 3. The van der Waals surface area contributed by atoms with Crippen LogP contribution >= 0.6 is 0 Å². The lowest BCUT2D eigenvalue weighted by Crippen LogP contribution is -2.65. The largest absolute Gasteiger partial charge is 0.573 e. The molecule has 1 aromatic carbocycles. The lowest BCUT2D eigenvalue weighted by molar-refractivity contribution is -0.275. The standard InChI is InChI=1S/C23H22F3NO8/c1-8(28)14-19(31)17(27(2)3)11-7-9-6-10-13(35-23(24,25)26)5-4-12(29)16(10)18(30)15(9)21(33)22(11,34)20(14)32/h4-5,9,11,17,29-30,32,34H,6-7H2,1-3H3/t9-,11-,17-,22+/m0/s1. The summed E-state index contributed by atoms with van der Waals surface area (Å²) in [5.74, 6) is -8.50. The molecule has 9 nitrogen and oxygen atoms in total. The van der Waals surface area contributed by atoms with Gasteiger partial charge in [0.15, 0.2) is 17.2 Å². The van der Waals surface area contributed by atoms with Crippen LogP contribution in [0.4, 0.5) is 13.2 Å². The van der Waals surface area contributed by atoms with Crippen molar-refractivity contribution in [3.05, 3.63) is 40.2 Å². The zero-order valence-corrected chi connectivity index (χ0v) is 18.8. The van der Waals surface area contributed by atoms with Gasteiger partial charge in [-0.2, -0.15) is 0 Å². The van der Waals surface area contributed by atoms with Crippen molar-refractivity contribution in [1.82, 2.24) is 4.90 Å². The summed E-state index contributed by atoms with van der Waals surface area (Å²) in [5.41, 5.74) is -4.61. The molecule has 0 spiro atoms. The molecule has 4 rings (SSSR count). The van der Waals surface area contributed by atoms with Gasteiger partial charge in [-0.3, -0.25) is 19.3 Å². The maximum atomic E-state index is 13.6. The molecule has 3 aliphatic carbocycles. The van der Waals surface area contributed by atoms with Crippen molar-refractivity contribution < 1.29 is 52.7 Å². The van der Waals surface area contributed by atoms with E-state index in [4.69, 9.17) is 0 Å². The molecule has 12 heteroatoms. The molecule has 188 valence electrons. The van der Waals surface area contributed by atoms with E-state index in [0.29, 0.717) is 0 Å². The van der Waals surface area contributed by atoms with Crippen LogP contribution in [0.2, 0.25) is 0 Å². The topological polar surface area (TPSA) is 145 Å². The van der Waals surface area contributed by atoms with E-state index in [1.54, 1.807) is 0 Å². The van der Waals surface area contributed by atoms with Crippen LogP contribution in [-0.2, 0) is 20.8 Å². The average molecular weight is 497 g/mol. The summed E-state index contributed by atoms with van der Waals surface area (Å²) in [6.07, 6.45) is -5.59. The van der Waals surface area contributed by atoms with Crippen molar-refractivity contribution in [3.63, 3.8) is 0 Å². The molecular formula is C23H22F3NO8. The number of rotatable bonds is 3. The summed E-state index contributed by atoms with van der Waals surface area (Å²) >= 11 is 0. The zero-order chi connectivity index (χ0) is 26.2. The zero-order valence-electron chi connectivity index (χ0n) is 18.8. The van der Waals surface area contributed by atoms with E-state index in [9.17, 15) is 48.0 Å². The highest BCUT2D eigenvalue weighted by atomic mass is 19.4. The molecule has 0 bridgehead atoms. The molecule has 0 saturated heterocycles. The molecule has 4 N–H and O–H groups in total. The Morgan fingerprint density at radius 2 is 1.80 bits per heavy atom. The highest BCUT2D eigenvalue weighted by Gasteiger charge is 2.64. The molecule has 0 aromatic heterocycles. The summed E-state index contributed by atoms with van der Waals surface area (Å²) in [6.45, 7) is 0.990. The third-order valence-electron chi connectivity index (χ3n) is 6.89. The van der Waals surface area contributed by atoms with Crippen molar-refractivity contribution in [2.45, 2.75) is 37.8 Å². The van der Waals surface area contributed by atoms with Crippen LogP contribution in [-0.4, -0.2) is 74.8 Å². The monoisotopic (exact) mass is 497 g/mol. The van der Waals surface area contributed by atoms with E-state index in [1.165, 1.54) is 19.0 Å². The molecule has 1 aromatic rings. The first kappa shape index (κ1) is 24.7. The van der Waals surface area contributed by atoms with Gasteiger partial charge in [0.1, 0.15) is 28.6 Å². The molecule has 0 amide bonds. The molecule has 0 unspecified atom stereocenters. The number of carbonyl (C=O) groups is 3. The van der Waals surface area contributed by atoms with Crippen LogP contribution in [0.3, 0.4) is 0 Å². The van der Waals surface area contributed by atoms with Gasteiger partial charge in [0, 0.05) is 17.1 Å². The Hall–Kier alpha value is -3.38. The van der Waals surface area contributed by atoms with Gasteiger partial charge in [-0.1, -0.05) is 0 Å². The van der Waals surface area contributed by atoms with Gasteiger partial charge in [0.25, 0.3) is 0 Å². The molecule has 0 heterocycles. The molecule has 0 radical (unpaired) electrons. The number of fused-ring (bicyclic) bond motifs is 3. The number of nitrogens with zero attached hydrogens (tertiary/aromatic N) is 1. The fourth-order valence-electron chi connectivity index (χ4n) is 5.54. The van der Waals surface area contributed by atoms with Crippen LogP contribution in [0.15, 0.2) is 29.0 Å². The minimum atomic E-state index is -5.07. The number of phenols is 1. The number of ketones is 3. The van der Waals surface area contributed by atoms with E-state index in [1.807, 2.05) is 0 Å². The Morgan fingerprint density at radius 1 is 1.17 bits per heavy atom. The fraction of sp³-hybridized carbons (Fsp3) is 0.435. The SMILES string of the molecule is CC(=O)C1=C(O)[C@@]2(O)C(=O)C3=C(O)c4c(O)ccc(OC(F)(F)F)c4C[C@H]3C[C@H]2[C@H](N(C)C)C1=O. The van der Waals surface area contributed by atoms with Crippen LogP contribution < -0.4 is 4.74 Å². The minimum Gasteiger partial charge on any atom is -0.508 e. The summed E-state index contributed by atoms with van der Waals surface area (Å²) in [6, 6.07) is 0.509. The summed E-state index contributed by atoms with van der Waals surface area (Å²) in [7, 11) is 2.94. The molecular weight excluding hydrogens is 475 g/mol. The van der Waals surface area contributed by atoms with Crippen molar-refractivity contribution >= 4 is 23.1 Å². The Labute approximate surface area is 196 Å². The van der Waals surface area contributed by atoms with Gasteiger partial charge in [0.05, 0.1) is 11.6 Å². The number of ether oxygens (including phenoxy) is 1. The smallest absolute Gasteiger partial charge is 0.508 e. The number of Topliss-reactive ketones (excluding diaryl/α,β-unsaturated/α-hetero) is 3. The van der Waals surface area contributed by atoms with Gasteiger partial charge in [-0.05, 0) is 51.9 Å². The van der Waals surface area contributed by atoms with Gasteiger partial charge >= 0.3 is 6.36 Å². The van der Waals surface area contributed by atoms with Gasteiger partial charge < -0.3 is 25.2 Å². The lowest BCUT2D eigenvalue weighted by atomic mass is 9.57. The predicted octanol–water partition coefficient (Wildman–Crippen LogP) is 1.97. The number of benzene rings is 1. The summed E-state index contributed by atoms with van der Waals surface area (Å²) in [5, 5.41) is 43.5. The Bertz CT molecular complexity index is 1230. The quantitative estimate of drug-likeness (QED) is 0.461. The number of aliphatic hydroxyl groups is 3. The molecule has 3 aliphatic rings. The number of phenolic OH excluding ortho intramolecular Hbond substituents is 1. The second kappa shape index (κ2) is 7.82. The number of aromatic hydroxyl groups is 1. The first-order valence-electron chi connectivity index (χ1n) is 10.6. The average Bonchev–Trinajstić information content (AvgIpc) is 2.71. The predicted molar refractivity (Wildman–Crippen MR) is 112 cm³/mol. The molecule has 0 aliphatic heterocycles. The Kier molecular flexibility index (Phi) is 5.53. The van der Waals surface area contributed by atoms with Crippen molar-refractivity contribution in [2.75, 3.05) is 14.1 Å². The maximum absolute atomic E-state index is 13.6. The van der Waals surface area contributed by atoms with Gasteiger partial charge in [0.2, 0.25) is 5.78 Å². The number of hydrogen-bond donors (Lipinski definition) is 4.